The van der Waals surface area contributed by atoms with Gasteiger partial charge in [0.15, 0.2) is 0 Å². The Balaban J connectivity index is 1.47. The first-order valence-corrected chi connectivity index (χ1v) is 13.2. The van der Waals surface area contributed by atoms with E-state index in [4.69, 9.17) is 5.26 Å². The van der Waals surface area contributed by atoms with Gasteiger partial charge in [-0.05, 0) is 44.0 Å². The number of hydrogen-bond donors (Lipinski definition) is 1. The van der Waals surface area contributed by atoms with Crippen LogP contribution in [0.25, 0.3) is 0 Å². The van der Waals surface area contributed by atoms with Gasteiger partial charge >= 0.3 is 0 Å². The fourth-order valence-electron chi connectivity index (χ4n) is 4.52. The number of amides is 2. The van der Waals surface area contributed by atoms with Crippen molar-refractivity contribution >= 4 is 21.8 Å². The maximum atomic E-state index is 14.4. The number of nitrogens with one attached hydrogen (secondary N) is 1. The van der Waals surface area contributed by atoms with Gasteiger partial charge in [0.2, 0.25) is 15.9 Å². The summed E-state index contributed by atoms with van der Waals surface area (Å²) >= 11 is 0. The number of sulfonamides is 1. The summed E-state index contributed by atoms with van der Waals surface area (Å²) in [6, 6.07) is 8.89. The quantitative estimate of drug-likeness (QED) is 0.586. The van der Waals surface area contributed by atoms with Crippen molar-refractivity contribution in [3.8, 4) is 6.07 Å². The SMILES string of the molecule is C[C@@H](NC(=O)[C@H]1CCCN1C(=O)c1cccc(S(=O)(=O)N2CC(C#N)C2)c1)c1ccc(C(F)F)cc1F. The molecule has 2 aromatic carbocycles. The van der Waals surface area contributed by atoms with Crippen LogP contribution < -0.4 is 5.32 Å². The molecule has 37 heavy (non-hydrogen) atoms. The van der Waals surface area contributed by atoms with E-state index in [1.807, 2.05) is 6.07 Å². The predicted octanol–water partition coefficient (Wildman–Crippen LogP) is 3.39. The maximum Gasteiger partial charge on any atom is 0.263 e. The number of nitriles is 1. The Kier molecular flexibility index (Phi) is 7.57. The highest BCUT2D eigenvalue weighted by Gasteiger charge is 2.38. The number of rotatable bonds is 7. The summed E-state index contributed by atoms with van der Waals surface area (Å²) in [7, 11) is -3.86. The van der Waals surface area contributed by atoms with Crippen LogP contribution in [0.15, 0.2) is 47.4 Å². The minimum Gasteiger partial charge on any atom is -0.348 e. The van der Waals surface area contributed by atoms with Crippen LogP contribution in [-0.4, -0.2) is 55.1 Å². The van der Waals surface area contributed by atoms with E-state index >= 15 is 0 Å². The van der Waals surface area contributed by atoms with Gasteiger partial charge in [0.1, 0.15) is 11.9 Å². The standard InChI is InChI=1S/C25H25F3N4O4S/c1-15(20-8-7-17(23(27)28)11-21(20)26)30-24(33)22-6-3-9-32(22)25(34)18-4-2-5-19(10-18)37(35,36)31-13-16(12-29)14-31/h2,4-5,7-8,10-11,15-16,22-23H,3,6,9,13-14H2,1H3,(H,30,33)/t15-,22-/m1/s1. The van der Waals surface area contributed by atoms with Gasteiger partial charge in [-0.3, -0.25) is 9.59 Å². The first kappa shape index (κ1) is 26.6. The number of carbonyl (C=O) groups excluding carboxylic acids is 2. The molecular weight excluding hydrogens is 509 g/mol. The molecule has 0 spiro atoms. The minimum atomic E-state index is -3.86. The van der Waals surface area contributed by atoms with Gasteiger partial charge < -0.3 is 10.2 Å². The molecule has 2 aliphatic heterocycles. The summed E-state index contributed by atoms with van der Waals surface area (Å²) in [6.45, 7) is 1.97. The minimum absolute atomic E-state index is 0.0381. The lowest BCUT2D eigenvalue weighted by atomic mass is 10.0. The first-order valence-electron chi connectivity index (χ1n) is 11.7. The van der Waals surface area contributed by atoms with Crippen molar-refractivity contribution in [2.75, 3.05) is 19.6 Å². The zero-order valence-electron chi connectivity index (χ0n) is 19.9. The second-order valence-electron chi connectivity index (χ2n) is 9.14. The van der Waals surface area contributed by atoms with E-state index < -0.39 is 51.7 Å². The van der Waals surface area contributed by atoms with E-state index in [2.05, 4.69) is 5.32 Å². The van der Waals surface area contributed by atoms with Gasteiger partial charge in [-0.15, -0.1) is 0 Å². The lowest BCUT2D eigenvalue weighted by molar-refractivity contribution is -0.125. The summed E-state index contributed by atoms with van der Waals surface area (Å²) in [5, 5.41) is 11.6. The molecule has 2 saturated heterocycles. The largest absolute Gasteiger partial charge is 0.348 e. The van der Waals surface area contributed by atoms with E-state index in [0.29, 0.717) is 12.8 Å². The van der Waals surface area contributed by atoms with Gasteiger partial charge in [0.05, 0.1) is 22.9 Å². The monoisotopic (exact) mass is 534 g/mol. The fraction of sp³-hybridized carbons (Fsp3) is 0.400. The van der Waals surface area contributed by atoms with Gasteiger partial charge in [-0.2, -0.15) is 9.57 Å². The maximum absolute atomic E-state index is 14.4. The zero-order chi connectivity index (χ0) is 26.9. The van der Waals surface area contributed by atoms with Crippen LogP contribution in [0.4, 0.5) is 13.2 Å². The van der Waals surface area contributed by atoms with Crippen molar-refractivity contribution in [3.63, 3.8) is 0 Å². The molecule has 0 radical (unpaired) electrons. The smallest absolute Gasteiger partial charge is 0.263 e. The molecular formula is C25H25F3N4O4S. The van der Waals surface area contributed by atoms with E-state index in [9.17, 15) is 31.2 Å². The Labute approximate surface area is 212 Å². The number of likely N-dealkylation sites (tertiary alicyclic amines) is 1. The number of carbonyl (C=O) groups is 2. The third-order valence-corrected chi connectivity index (χ3v) is 8.50. The average Bonchev–Trinajstić information content (AvgIpc) is 3.33. The zero-order valence-corrected chi connectivity index (χ0v) is 20.7. The highest BCUT2D eigenvalue weighted by Crippen LogP contribution is 2.28. The van der Waals surface area contributed by atoms with Gasteiger partial charge in [0.25, 0.3) is 12.3 Å². The number of alkyl halides is 2. The van der Waals surface area contributed by atoms with Crippen LogP contribution in [-0.2, 0) is 14.8 Å². The molecule has 2 aromatic rings. The number of nitrogens with zero attached hydrogens (tertiary/aromatic N) is 3. The molecule has 1 N–H and O–H groups in total. The molecule has 2 heterocycles. The van der Waals surface area contributed by atoms with E-state index in [1.165, 1.54) is 46.5 Å². The molecule has 0 saturated carbocycles. The number of hydrogen-bond acceptors (Lipinski definition) is 5. The molecule has 8 nitrogen and oxygen atoms in total. The Morgan fingerprint density at radius 2 is 1.89 bits per heavy atom. The van der Waals surface area contributed by atoms with Crippen molar-refractivity contribution in [2.24, 2.45) is 5.92 Å². The van der Waals surface area contributed by atoms with Crippen LogP contribution in [0.5, 0.6) is 0 Å². The second kappa shape index (κ2) is 10.5. The lowest BCUT2D eigenvalue weighted by Gasteiger charge is -2.34. The second-order valence-corrected chi connectivity index (χ2v) is 11.1. The molecule has 4 rings (SSSR count). The summed E-state index contributed by atoms with van der Waals surface area (Å²) in [5.41, 5.74) is -0.327. The molecule has 0 aromatic heterocycles. The van der Waals surface area contributed by atoms with Gasteiger partial charge in [0, 0.05) is 36.3 Å². The summed E-state index contributed by atoms with van der Waals surface area (Å²) in [5.74, 6) is -2.27. The molecule has 2 aliphatic rings. The van der Waals surface area contributed by atoms with Crippen LogP contribution in [0, 0.1) is 23.1 Å². The lowest BCUT2D eigenvalue weighted by Crippen LogP contribution is -2.49. The third-order valence-electron chi connectivity index (χ3n) is 6.67. The van der Waals surface area contributed by atoms with E-state index in [1.54, 1.807) is 0 Å². The summed E-state index contributed by atoms with van der Waals surface area (Å²) in [6.07, 6.45) is -1.92. The van der Waals surface area contributed by atoms with Crippen LogP contribution >= 0.6 is 0 Å². The first-order chi connectivity index (χ1) is 17.5. The van der Waals surface area contributed by atoms with Crippen LogP contribution in [0.1, 0.15) is 53.7 Å². The molecule has 2 amide bonds. The van der Waals surface area contributed by atoms with Crippen molar-refractivity contribution < 1.29 is 31.2 Å². The highest BCUT2D eigenvalue weighted by atomic mass is 32.2. The third kappa shape index (κ3) is 5.33. The molecule has 2 fully saturated rings. The molecule has 0 aliphatic carbocycles. The van der Waals surface area contributed by atoms with Gasteiger partial charge in [-0.25, -0.2) is 21.6 Å². The van der Waals surface area contributed by atoms with Crippen LogP contribution in [0.2, 0.25) is 0 Å². The Morgan fingerprint density at radius 3 is 2.54 bits per heavy atom. The number of halogens is 3. The molecule has 196 valence electrons. The van der Waals surface area contributed by atoms with Crippen LogP contribution in [0.3, 0.4) is 0 Å². The normalized spacial score (nSPS) is 19.4. The molecule has 0 unspecified atom stereocenters. The van der Waals surface area contributed by atoms with E-state index in [-0.39, 0.29) is 41.6 Å². The Bertz CT molecular complexity index is 1360. The Hall–Kier alpha value is -3.43. The molecule has 2 atom stereocenters. The summed E-state index contributed by atoms with van der Waals surface area (Å²) < 4.78 is 66.8. The molecule has 12 heteroatoms. The average molecular weight is 535 g/mol. The summed E-state index contributed by atoms with van der Waals surface area (Å²) in [4.78, 5) is 27.5. The van der Waals surface area contributed by atoms with Crippen molar-refractivity contribution in [1.82, 2.24) is 14.5 Å². The predicted molar refractivity (Wildman–Crippen MR) is 126 cm³/mol. The highest BCUT2D eigenvalue weighted by molar-refractivity contribution is 7.89. The van der Waals surface area contributed by atoms with Crippen molar-refractivity contribution in [2.45, 2.75) is 43.2 Å². The van der Waals surface area contributed by atoms with Gasteiger partial charge in [-0.1, -0.05) is 18.2 Å². The topological polar surface area (TPSA) is 111 Å². The van der Waals surface area contributed by atoms with Crippen molar-refractivity contribution in [1.29, 1.82) is 5.26 Å². The Morgan fingerprint density at radius 1 is 1.16 bits per heavy atom. The number of benzene rings is 2. The fourth-order valence-corrected chi connectivity index (χ4v) is 6.10. The van der Waals surface area contributed by atoms with E-state index in [0.717, 1.165) is 12.1 Å². The molecule has 0 bridgehead atoms. The van der Waals surface area contributed by atoms with Crippen molar-refractivity contribution in [3.05, 3.63) is 65.0 Å².